The van der Waals surface area contributed by atoms with Crippen LogP contribution in [0, 0.1) is 0 Å². The Hall–Kier alpha value is -1.46. The quantitative estimate of drug-likeness (QED) is 0.872. The van der Waals surface area contributed by atoms with E-state index in [-0.39, 0.29) is 13.3 Å². The van der Waals surface area contributed by atoms with Crippen LogP contribution in [-0.4, -0.2) is 24.4 Å². The normalized spacial score (nSPS) is 14.6. The van der Waals surface area contributed by atoms with Crippen molar-refractivity contribution in [2.75, 3.05) is 13.3 Å². The Balaban J connectivity index is 2.59. The SMILES string of the molecule is CCc1c(C(CN)C(=O)O)cc2c(c1Cl)OCO2. The molecule has 1 aliphatic heterocycles. The minimum absolute atomic E-state index is 0.0122. The second kappa shape index (κ2) is 5.04. The van der Waals surface area contributed by atoms with Gasteiger partial charge in [-0.3, -0.25) is 4.79 Å². The van der Waals surface area contributed by atoms with Gasteiger partial charge in [0.25, 0.3) is 0 Å². The van der Waals surface area contributed by atoms with Gasteiger partial charge in [-0.1, -0.05) is 18.5 Å². The highest BCUT2D eigenvalue weighted by atomic mass is 35.5. The Morgan fingerprint density at radius 2 is 2.33 bits per heavy atom. The first-order chi connectivity index (χ1) is 8.60. The number of ether oxygens (including phenoxy) is 2. The molecule has 1 atom stereocenters. The summed E-state index contributed by atoms with van der Waals surface area (Å²) in [7, 11) is 0. The second-order valence-electron chi connectivity index (χ2n) is 3.97. The lowest BCUT2D eigenvalue weighted by atomic mass is 9.92. The number of rotatable bonds is 4. The van der Waals surface area contributed by atoms with Crippen molar-refractivity contribution in [1.29, 1.82) is 0 Å². The van der Waals surface area contributed by atoms with Gasteiger partial charge in [-0.25, -0.2) is 0 Å². The molecule has 0 spiro atoms. The first kappa shape index (κ1) is 13.0. The summed E-state index contributed by atoms with van der Waals surface area (Å²) in [5, 5.41) is 9.61. The molecular weight excluding hydrogens is 258 g/mol. The predicted octanol–water partition coefficient (Wildman–Crippen LogP) is 1.76. The predicted molar refractivity (Wildman–Crippen MR) is 66.4 cm³/mol. The fourth-order valence-electron chi connectivity index (χ4n) is 2.09. The summed E-state index contributed by atoms with van der Waals surface area (Å²) in [5.74, 6) is -0.792. The maximum Gasteiger partial charge on any atom is 0.312 e. The van der Waals surface area contributed by atoms with Crippen LogP contribution in [0.5, 0.6) is 11.5 Å². The molecule has 0 aromatic heterocycles. The lowest BCUT2D eigenvalue weighted by molar-refractivity contribution is -0.138. The molecule has 1 aromatic carbocycles. The number of carboxylic acids is 1. The van der Waals surface area contributed by atoms with Gasteiger partial charge >= 0.3 is 5.97 Å². The fourth-order valence-corrected chi connectivity index (χ4v) is 2.48. The highest BCUT2D eigenvalue weighted by Gasteiger charge is 2.28. The number of carbonyl (C=O) groups is 1. The maximum atomic E-state index is 11.2. The molecule has 6 heteroatoms. The minimum atomic E-state index is -0.970. The number of fused-ring (bicyclic) bond motifs is 1. The van der Waals surface area contributed by atoms with Gasteiger partial charge in [0.1, 0.15) is 0 Å². The smallest absolute Gasteiger partial charge is 0.312 e. The van der Waals surface area contributed by atoms with Crippen molar-refractivity contribution in [3.8, 4) is 11.5 Å². The molecular formula is C12H14ClNO4. The van der Waals surface area contributed by atoms with Crippen molar-refractivity contribution >= 4 is 17.6 Å². The van der Waals surface area contributed by atoms with E-state index in [1.807, 2.05) is 6.92 Å². The third-order valence-corrected chi connectivity index (χ3v) is 3.40. The van der Waals surface area contributed by atoms with Gasteiger partial charge < -0.3 is 20.3 Å². The van der Waals surface area contributed by atoms with E-state index >= 15 is 0 Å². The van der Waals surface area contributed by atoms with E-state index in [0.29, 0.717) is 28.5 Å². The Bertz CT molecular complexity index is 489. The van der Waals surface area contributed by atoms with Crippen LogP contribution in [0.15, 0.2) is 6.07 Å². The summed E-state index contributed by atoms with van der Waals surface area (Å²) in [4.78, 5) is 11.2. The van der Waals surface area contributed by atoms with Crippen LogP contribution in [0.1, 0.15) is 24.0 Å². The monoisotopic (exact) mass is 271 g/mol. The zero-order chi connectivity index (χ0) is 13.3. The molecule has 0 amide bonds. The van der Waals surface area contributed by atoms with Gasteiger partial charge in [0, 0.05) is 6.54 Å². The van der Waals surface area contributed by atoms with E-state index in [1.165, 1.54) is 0 Å². The Labute approximate surface area is 109 Å². The zero-order valence-electron chi connectivity index (χ0n) is 9.90. The largest absolute Gasteiger partial charge is 0.481 e. The molecule has 98 valence electrons. The van der Waals surface area contributed by atoms with E-state index in [4.69, 9.17) is 26.8 Å². The molecule has 0 bridgehead atoms. The number of hydrogen-bond acceptors (Lipinski definition) is 4. The molecule has 1 aliphatic rings. The first-order valence-corrected chi connectivity index (χ1v) is 6.01. The highest BCUT2D eigenvalue weighted by Crippen LogP contribution is 2.44. The highest BCUT2D eigenvalue weighted by molar-refractivity contribution is 6.33. The molecule has 5 nitrogen and oxygen atoms in total. The van der Waals surface area contributed by atoms with Crippen LogP contribution in [0.2, 0.25) is 5.02 Å². The number of carboxylic acid groups (broad SMARTS) is 1. The summed E-state index contributed by atoms with van der Waals surface area (Å²) < 4.78 is 10.5. The second-order valence-corrected chi connectivity index (χ2v) is 4.35. The Morgan fingerprint density at radius 3 is 2.89 bits per heavy atom. The molecule has 0 radical (unpaired) electrons. The fraction of sp³-hybridized carbons (Fsp3) is 0.417. The number of halogens is 1. The van der Waals surface area contributed by atoms with Gasteiger partial charge in [0.05, 0.1) is 10.9 Å². The number of benzene rings is 1. The van der Waals surface area contributed by atoms with Crippen molar-refractivity contribution < 1.29 is 19.4 Å². The topological polar surface area (TPSA) is 81.8 Å². The molecule has 18 heavy (non-hydrogen) atoms. The molecule has 1 heterocycles. The summed E-state index contributed by atoms with van der Waals surface area (Å²) in [6.07, 6.45) is 0.606. The van der Waals surface area contributed by atoms with E-state index in [1.54, 1.807) is 6.07 Å². The van der Waals surface area contributed by atoms with Gasteiger partial charge in [0.2, 0.25) is 6.79 Å². The van der Waals surface area contributed by atoms with E-state index in [0.717, 1.165) is 5.56 Å². The van der Waals surface area contributed by atoms with Crippen molar-refractivity contribution in [2.24, 2.45) is 5.73 Å². The van der Waals surface area contributed by atoms with Gasteiger partial charge in [-0.2, -0.15) is 0 Å². The van der Waals surface area contributed by atoms with E-state index in [9.17, 15) is 9.90 Å². The lowest BCUT2D eigenvalue weighted by Gasteiger charge is -2.17. The maximum absolute atomic E-state index is 11.2. The summed E-state index contributed by atoms with van der Waals surface area (Å²) in [6, 6.07) is 1.67. The van der Waals surface area contributed by atoms with Crippen molar-refractivity contribution in [2.45, 2.75) is 19.3 Å². The van der Waals surface area contributed by atoms with Crippen LogP contribution in [-0.2, 0) is 11.2 Å². The van der Waals surface area contributed by atoms with Gasteiger partial charge in [-0.15, -0.1) is 0 Å². The standard InChI is InChI=1S/C12H14ClNO4/c1-2-6-7(8(4-14)12(15)16)3-9-11(10(6)13)18-5-17-9/h3,8H,2,4-5,14H2,1H3,(H,15,16). The average Bonchev–Trinajstić information content (AvgIpc) is 2.78. The first-order valence-electron chi connectivity index (χ1n) is 5.63. The molecule has 3 N–H and O–H groups in total. The molecule has 0 aliphatic carbocycles. The van der Waals surface area contributed by atoms with Crippen LogP contribution < -0.4 is 15.2 Å². The van der Waals surface area contributed by atoms with Crippen molar-refractivity contribution in [3.05, 3.63) is 22.2 Å². The van der Waals surface area contributed by atoms with Crippen LogP contribution in [0.25, 0.3) is 0 Å². The zero-order valence-corrected chi connectivity index (χ0v) is 10.7. The molecule has 1 aromatic rings. The molecule has 1 unspecified atom stereocenters. The third-order valence-electron chi connectivity index (χ3n) is 3.00. The molecule has 0 fully saturated rings. The van der Waals surface area contributed by atoms with E-state index < -0.39 is 11.9 Å². The van der Waals surface area contributed by atoms with Crippen molar-refractivity contribution in [3.63, 3.8) is 0 Å². The summed E-state index contributed by atoms with van der Waals surface area (Å²) in [5.41, 5.74) is 6.88. The molecule has 2 rings (SSSR count). The van der Waals surface area contributed by atoms with Crippen LogP contribution >= 0.6 is 11.6 Å². The number of hydrogen-bond donors (Lipinski definition) is 2. The summed E-state index contributed by atoms with van der Waals surface area (Å²) in [6.45, 7) is 2.02. The van der Waals surface area contributed by atoms with Gasteiger partial charge in [-0.05, 0) is 23.6 Å². The third kappa shape index (κ3) is 2.00. The Kier molecular flexibility index (Phi) is 3.63. The number of nitrogens with two attached hydrogens (primary N) is 1. The minimum Gasteiger partial charge on any atom is -0.481 e. The van der Waals surface area contributed by atoms with E-state index in [2.05, 4.69) is 0 Å². The van der Waals surface area contributed by atoms with Gasteiger partial charge in [0.15, 0.2) is 11.5 Å². The van der Waals surface area contributed by atoms with Crippen LogP contribution in [0.4, 0.5) is 0 Å². The average molecular weight is 272 g/mol. The van der Waals surface area contributed by atoms with Crippen molar-refractivity contribution in [1.82, 2.24) is 0 Å². The molecule has 0 saturated carbocycles. The van der Waals surface area contributed by atoms with Crippen LogP contribution in [0.3, 0.4) is 0 Å². The number of aliphatic carboxylic acids is 1. The molecule has 0 saturated heterocycles. The Morgan fingerprint density at radius 1 is 1.61 bits per heavy atom. The lowest BCUT2D eigenvalue weighted by Crippen LogP contribution is -2.22. The summed E-state index contributed by atoms with van der Waals surface area (Å²) >= 11 is 6.23.